The number of nitrogens with zero attached hydrogens (tertiary/aromatic N) is 4. The summed E-state index contributed by atoms with van der Waals surface area (Å²) in [6, 6.07) is 12.5. The standard InChI is InChI=1S/C20H14ClN5OS/c1-11-18-14(20(27)23-13-6-5-12(10-22)15(21)8-13)9-16(17-4-3-7-28-17)24-19(18)26(2)25-11/h3-9H,1-2H3,(H,23,27). The van der Waals surface area contributed by atoms with E-state index in [4.69, 9.17) is 21.8 Å². The first-order valence-corrected chi connectivity index (χ1v) is 9.63. The van der Waals surface area contributed by atoms with Crippen LogP contribution in [0.15, 0.2) is 41.8 Å². The van der Waals surface area contributed by atoms with E-state index in [-0.39, 0.29) is 10.9 Å². The average molecular weight is 408 g/mol. The second-order valence-corrected chi connectivity index (χ2v) is 7.56. The van der Waals surface area contributed by atoms with Crippen molar-refractivity contribution in [2.75, 3.05) is 5.32 Å². The first-order chi connectivity index (χ1) is 13.5. The Balaban J connectivity index is 1.81. The van der Waals surface area contributed by atoms with Gasteiger partial charge < -0.3 is 5.32 Å². The number of amides is 1. The van der Waals surface area contributed by atoms with Gasteiger partial charge in [-0.25, -0.2) is 4.98 Å². The van der Waals surface area contributed by atoms with E-state index in [1.807, 2.05) is 37.6 Å². The molecule has 0 bridgehead atoms. The van der Waals surface area contributed by atoms with Gasteiger partial charge in [0.05, 0.1) is 37.8 Å². The normalized spacial score (nSPS) is 10.8. The van der Waals surface area contributed by atoms with Crippen LogP contribution in [-0.2, 0) is 7.05 Å². The van der Waals surface area contributed by atoms with Gasteiger partial charge >= 0.3 is 0 Å². The van der Waals surface area contributed by atoms with E-state index in [2.05, 4.69) is 10.4 Å². The van der Waals surface area contributed by atoms with Crippen LogP contribution in [0.5, 0.6) is 0 Å². The summed E-state index contributed by atoms with van der Waals surface area (Å²) in [5.74, 6) is -0.290. The third-order valence-electron chi connectivity index (χ3n) is 4.33. The van der Waals surface area contributed by atoms with Crippen LogP contribution in [0.3, 0.4) is 0 Å². The van der Waals surface area contributed by atoms with E-state index in [9.17, 15) is 4.79 Å². The SMILES string of the molecule is Cc1nn(C)c2nc(-c3cccs3)cc(C(=O)Nc3ccc(C#N)c(Cl)c3)c12. The maximum Gasteiger partial charge on any atom is 0.256 e. The van der Waals surface area contributed by atoms with Gasteiger partial charge in [0, 0.05) is 12.7 Å². The Morgan fingerprint density at radius 3 is 2.82 bits per heavy atom. The third kappa shape index (κ3) is 3.13. The number of nitrogens with one attached hydrogen (secondary N) is 1. The first kappa shape index (κ1) is 18.2. The van der Waals surface area contributed by atoms with Crippen LogP contribution in [0, 0.1) is 18.3 Å². The van der Waals surface area contributed by atoms with E-state index in [0.717, 1.165) is 10.6 Å². The molecule has 0 saturated heterocycles. The summed E-state index contributed by atoms with van der Waals surface area (Å²) in [4.78, 5) is 18.8. The van der Waals surface area contributed by atoms with Crippen molar-refractivity contribution in [3.05, 3.63) is 63.6 Å². The van der Waals surface area contributed by atoms with Gasteiger partial charge in [-0.15, -0.1) is 11.3 Å². The number of aryl methyl sites for hydroxylation is 2. The monoisotopic (exact) mass is 407 g/mol. The number of aromatic nitrogens is 3. The number of halogens is 1. The van der Waals surface area contributed by atoms with Crippen LogP contribution in [-0.4, -0.2) is 20.7 Å². The minimum absolute atomic E-state index is 0.289. The van der Waals surface area contributed by atoms with Crippen LogP contribution < -0.4 is 5.32 Å². The Labute approximate surface area is 170 Å². The molecular weight excluding hydrogens is 394 g/mol. The number of nitriles is 1. The fraction of sp³-hybridized carbons (Fsp3) is 0.100. The summed E-state index contributed by atoms with van der Waals surface area (Å²) in [5, 5.41) is 19.2. The highest BCUT2D eigenvalue weighted by molar-refractivity contribution is 7.13. The summed E-state index contributed by atoms with van der Waals surface area (Å²) in [6.45, 7) is 1.85. The molecule has 6 nitrogen and oxygen atoms in total. The molecule has 0 fully saturated rings. The van der Waals surface area contributed by atoms with Crippen molar-refractivity contribution < 1.29 is 4.79 Å². The zero-order chi connectivity index (χ0) is 19.8. The molecule has 1 amide bonds. The molecule has 0 radical (unpaired) electrons. The highest BCUT2D eigenvalue weighted by atomic mass is 35.5. The molecule has 4 aromatic rings. The molecule has 1 aromatic carbocycles. The second-order valence-electron chi connectivity index (χ2n) is 6.20. The molecule has 8 heteroatoms. The predicted octanol–water partition coefficient (Wildman–Crippen LogP) is 4.78. The summed E-state index contributed by atoms with van der Waals surface area (Å²) in [6.07, 6.45) is 0. The minimum Gasteiger partial charge on any atom is -0.322 e. The van der Waals surface area contributed by atoms with Crippen molar-refractivity contribution in [2.45, 2.75) is 6.92 Å². The molecule has 28 heavy (non-hydrogen) atoms. The van der Waals surface area contributed by atoms with Gasteiger partial charge in [0.1, 0.15) is 6.07 Å². The molecular formula is C20H14ClN5OS. The van der Waals surface area contributed by atoms with Crippen LogP contribution in [0.2, 0.25) is 5.02 Å². The predicted molar refractivity (Wildman–Crippen MR) is 111 cm³/mol. The van der Waals surface area contributed by atoms with Gasteiger partial charge in [-0.05, 0) is 42.6 Å². The Morgan fingerprint density at radius 1 is 1.32 bits per heavy atom. The highest BCUT2D eigenvalue weighted by Crippen LogP contribution is 2.30. The highest BCUT2D eigenvalue weighted by Gasteiger charge is 2.20. The smallest absolute Gasteiger partial charge is 0.256 e. The van der Waals surface area contributed by atoms with Gasteiger partial charge in [-0.1, -0.05) is 17.7 Å². The number of pyridine rings is 1. The molecule has 1 N–H and O–H groups in total. The van der Waals surface area contributed by atoms with Crippen LogP contribution in [0.25, 0.3) is 21.6 Å². The van der Waals surface area contributed by atoms with Crippen molar-refractivity contribution >= 4 is 45.6 Å². The zero-order valence-electron chi connectivity index (χ0n) is 15.0. The van der Waals surface area contributed by atoms with Crippen molar-refractivity contribution in [2.24, 2.45) is 7.05 Å². The van der Waals surface area contributed by atoms with E-state index in [1.54, 1.807) is 40.3 Å². The molecule has 0 spiro atoms. The summed E-state index contributed by atoms with van der Waals surface area (Å²) in [7, 11) is 1.81. The van der Waals surface area contributed by atoms with Crippen molar-refractivity contribution in [1.29, 1.82) is 5.26 Å². The summed E-state index contributed by atoms with van der Waals surface area (Å²) < 4.78 is 1.68. The Bertz CT molecular complexity index is 1250. The fourth-order valence-electron chi connectivity index (χ4n) is 3.06. The summed E-state index contributed by atoms with van der Waals surface area (Å²) >= 11 is 7.64. The molecule has 0 unspecified atom stereocenters. The van der Waals surface area contributed by atoms with Crippen LogP contribution >= 0.6 is 22.9 Å². The Kier molecular flexibility index (Phi) is 4.59. The molecule has 3 aromatic heterocycles. The lowest BCUT2D eigenvalue weighted by Gasteiger charge is -2.09. The van der Waals surface area contributed by atoms with Crippen LogP contribution in [0.1, 0.15) is 21.6 Å². The van der Waals surface area contributed by atoms with Gasteiger partial charge in [-0.3, -0.25) is 9.48 Å². The largest absolute Gasteiger partial charge is 0.322 e. The molecule has 0 aliphatic rings. The lowest BCUT2D eigenvalue weighted by atomic mass is 10.1. The molecule has 138 valence electrons. The Morgan fingerprint density at radius 2 is 2.14 bits per heavy atom. The number of hydrogen-bond acceptors (Lipinski definition) is 5. The van der Waals surface area contributed by atoms with E-state index >= 15 is 0 Å². The number of carbonyl (C=O) groups is 1. The van der Waals surface area contributed by atoms with Crippen LogP contribution in [0.4, 0.5) is 5.69 Å². The number of thiophene rings is 1. The second kappa shape index (κ2) is 7.08. The Hall–Kier alpha value is -3.21. The molecule has 3 heterocycles. The lowest BCUT2D eigenvalue weighted by Crippen LogP contribution is -2.13. The van der Waals surface area contributed by atoms with Crippen molar-refractivity contribution in [1.82, 2.24) is 14.8 Å². The number of benzene rings is 1. The van der Waals surface area contributed by atoms with Crippen molar-refractivity contribution in [3.8, 4) is 16.6 Å². The maximum absolute atomic E-state index is 13.1. The fourth-order valence-corrected chi connectivity index (χ4v) is 3.97. The number of rotatable bonds is 3. The zero-order valence-corrected chi connectivity index (χ0v) is 16.6. The minimum atomic E-state index is -0.290. The van der Waals surface area contributed by atoms with Gasteiger partial charge in [-0.2, -0.15) is 10.4 Å². The number of carbonyl (C=O) groups excluding carboxylic acids is 1. The van der Waals surface area contributed by atoms with E-state index in [1.165, 1.54) is 0 Å². The van der Waals surface area contributed by atoms with Crippen molar-refractivity contribution in [3.63, 3.8) is 0 Å². The van der Waals surface area contributed by atoms with E-state index < -0.39 is 0 Å². The first-order valence-electron chi connectivity index (χ1n) is 8.37. The number of anilines is 1. The van der Waals surface area contributed by atoms with Gasteiger partial charge in [0.2, 0.25) is 0 Å². The van der Waals surface area contributed by atoms with Gasteiger partial charge in [0.25, 0.3) is 5.91 Å². The molecule has 0 aliphatic carbocycles. The van der Waals surface area contributed by atoms with Gasteiger partial charge in [0.15, 0.2) is 5.65 Å². The molecule has 0 atom stereocenters. The molecule has 0 aliphatic heterocycles. The quantitative estimate of drug-likeness (QED) is 0.529. The number of fused-ring (bicyclic) bond motifs is 1. The number of hydrogen-bond donors (Lipinski definition) is 1. The lowest BCUT2D eigenvalue weighted by molar-refractivity contribution is 0.102. The van der Waals surface area contributed by atoms with E-state index in [0.29, 0.717) is 33.5 Å². The molecule has 4 rings (SSSR count). The maximum atomic E-state index is 13.1. The third-order valence-corrected chi connectivity index (χ3v) is 5.54. The average Bonchev–Trinajstić information content (AvgIpc) is 3.30. The topological polar surface area (TPSA) is 83.6 Å². The summed E-state index contributed by atoms with van der Waals surface area (Å²) in [5.41, 5.74) is 3.44. The molecule has 0 saturated carbocycles.